The summed E-state index contributed by atoms with van der Waals surface area (Å²) in [6.45, 7) is 17.0. The first-order valence-electron chi connectivity index (χ1n) is 8.06. The molecule has 0 radical (unpaired) electrons. The Hall–Kier alpha value is -1.25. The number of nitrogens with zero attached hydrogens (tertiary/aromatic N) is 2. The second-order valence-electron chi connectivity index (χ2n) is 8.38. The molecule has 1 aliphatic heterocycles. The Balaban J connectivity index is 2.49. The lowest BCUT2D eigenvalue weighted by Crippen LogP contribution is -2.47. The normalized spacial score (nSPS) is 20.4. The van der Waals surface area contributed by atoms with Crippen molar-refractivity contribution in [2.24, 2.45) is 5.92 Å². The molecule has 0 spiro atoms. The van der Waals surface area contributed by atoms with Gasteiger partial charge in [-0.2, -0.15) is 0 Å². The summed E-state index contributed by atoms with van der Waals surface area (Å²) >= 11 is 0. The Bertz CT molecular complexity index is 528. The van der Waals surface area contributed by atoms with Crippen molar-refractivity contribution in [3.63, 3.8) is 0 Å². The van der Waals surface area contributed by atoms with E-state index in [0.717, 1.165) is 25.2 Å². The summed E-state index contributed by atoms with van der Waals surface area (Å²) in [6, 6.07) is 2.10. The summed E-state index contributed by atoms with van der Waals surface area (Å²) in [4.78, 5) is 15.0. The standard InChI is InChI=1S/C18H30N2O/c1-8-13-10-19-12-14(17(2,3)4)9-15(19)16(21)20(11-13)18(5,6)7/h9,12-13H,8,10-11H2,1-7H3. The van der Waals surface area contributed by atoms with Crippen LogP contribution in [0.1, 0.15) is 70.9 Å². The second-order valence-corrected chi connectivity index (χ2v) is 8.38. The lowest BCUT2D eigenvalue weighted by Gasteiger charge is -2.36. The molecule has 1 atom stereocenters. The topological polar surface area (TPSA) is 25.2 Å². The van der Waals surface area contributed by atoms with Gasteiger partial charge in [0.1, 0.15) is 5.69 Å². The summed E-state index contributed by atoms with van der Waals surface area (Å²) in [7, 11) is 0. The van der Waals surface area contributed by atoms with Gasteiger partial charge in [-0.3, -0.25) is 4.79 Å². The number of rotatable bonds is 1. The second kappa shape index (κ2) is 5.19. The van der Waals surface area contributed by atoms with Gasteiger partial charge >= 0.3 is 0 Å². The summed E-state index contributed by atoms with van der Waals surface area (Å²) in [5.41, 5.74) is 2.04. The van der Waals surface area contributed by atoms with Crippen LogP contribution >= 0.6 is 0 Å². The van der Waals surface area contributed by atoms with Crippen LogP contribution in [-0.2, 0) is 12.0 Å². The Morgan fingerprint density at radius 2 is 1.76 bits per heavy atom. The molecule has 0 saturated heterocycles. The lowest BCUT2D eigenvalue weighted by atomic mass is 9.89. The zero-order valence-electron chi connectivity index (χ0n) is 14.7. The van der Waals surface area contributed by atoms with E-state index in [0.29, 0.717) is 5.92 Å². The number of hydrogen-bond acceptors (Lipinski definition) is 1. The minimum absolute atomic E-state index is 0.0771. The average Bonchev–Trinajstić information content (AvgIpc) is 2.70. The molecular weight excluding hydrogens is 260 g/mol. The van der Waals surface area contributed by atoms with Crippen LogP contribution in [-0.4, -0.2) is 27.5 Å². The van der Waals surface area contributed by atoms with Crippen LogP contribution in [0.4, 0.5) is 0 Å². The molecular formula is C18H30N2O. The van der Waals surface area contributed by atoms with Gasteiger partial charge < -0.3 is 9.47 Å². The first kappa shape index (κ1) is 16.1. The van der Waals surface area contributed by atoms with Crippen LogP contribution in [0.3, 0.4) is 0 Å². The van der Waals surface area contributed by atoms with Crippen LogP contribution < -0.4 is 0 Å². The van der Waals surface area contributed by atoms with E-state index in [1.54, 1.807) is 0 Å². The van der Waals surface area contributed by atoms with E-state index in [4.69, 9.17) is 0 Å². The van der Waals surface area contributed by atoms with Gasteiger partial charge in [0, 0.05) is 24.8 Å². The van der Waals surface area contributed by atoms with Crippen molar-refractivity contribution < 1.29 is 4.79 Å². The molecule has 2 rings (SSSR count). The third kappa shape index (κ3) is 3.17. The summed E-state index contributed by atoms with van der Waals surface area (Å²) in [6.07, 6.45) is 3.28. The Morgan fingerprint density at radius 1 is 1.14 bits per heavy atom. The molecule has 3 heteroatoms. The van der Waals surface area contributed by atoms with Gasteiger partial charge in [-0.15, -0.1) is 0 Å². The van der Waals surface area contributed by atoms with Crippen LogP contribution in [0.15, 0.2) is 12.3 Å². The van der Waals surface area contributed by atoms with E-state index in [2.05, 4.69) is 65.3 Å². The van der Waals surface area contributed by atoms with E-state index in [1.165, 1.54) is 5.56 Å². The summed E-state index contributed by atoms with van der Waals surface area (Å²) in [5.74, 6) is 0.698. The Morgan fingerprint density at radius 3 is 2.24 bits per heavy atom. The Labute approximate surface area is 129 Å². The first-order valence-corrected chi connectivity index (χ1v) is 8.06. The van der Waals surface area contributed by atoms with E-state index < -0.39 is 0 Å². The molecule has 118 valence electrons. The number of carbonyl (C=O) groups is 1. The van der Waals surface area contributed by atoms with Gasteiger partial charge in [0.25, 0.3) is 5.91 Å². The molecule has 21 heavy (non-hydrogen) atoms. The highest BCUT2D eigenvalue weighted by Gasteiger charge is 2.34. The van der Waals surface area contributed by atoms with Crippen molar-refractivity contribution in [2.45, 2.75) is 72.4 Å². The van der Waals surface area contributed by atoms with E-state index in [-0.39, 0.29) is 16.9 Å². The van der Waals surface area contributed by atoms with E-state index in [9.17, 15) is 4.79 Å². The van der Waals surface area contributed by atoms with Gasteiger partial charge in [-0.25, -0.2) is 0 Å². The maximum absolute atomic E-state index is 13.0. The van der Waals surface area contributed by atoms with Crippen LogP contribution in [0.25, 0.3) is 0 Å². The molecule has 3 nitrogen and oxygen atoms in total. The van der Waals surface area contributed by atoms with Gasteiger partial charge in [0.2, 0.25) is 0 Å². The SMILES string of the molecule is CCC1CN(C(C)(C)C)C(=O)c2cc(C(C)(C)C)cn2C1. The van der Waals surface area contributed by atoms with Crippen LogP contribution in [0.2, 0.25) is 0 Å². The number of fused-ring (bicyclic) bond motifs is 1. The molecule has 1 unspecified atom stereocenters. The van der Waals surface area contributed by atoms with Crippen molar-refractivity contribution >= 4 is 5.91 Å². The zero-order chi connectivity index (χ0) is 16.0. The minimum atomic E-state index is -0.133. The number of amides is 1. The zero-order valence-corrected chi connectivity index (χ0v) is 14.7. The fraction of sp³-hybridized carbons (Fsp3) is 0.722. The molecule has 1 aliphatic rings. The van der Waals surface area contributed by atoms with Crippen LogP contribution in [0, 0.1) is 5.92 Å². The van der Waals surface area contributed by atoms with Crippen molar-refractivity contribution in [3.8, 4) is 0 Å². The fourth-order valence-electron chi connectivity index (χ4n) is 2.90. The number of carbonyl (C=O) groups excluding carboxylic acids is 1. The highest BCUT2D eigenvalue weighted by atomic mass is 16.2. The quantitative estimate of drug-likeness (QED) is 0.765. The van der Waals surface area contributed by atoms with Crippen molar-refractivity contribution in [3.05, 3.63) is 23.5 Å². The predicted molar refractivity (Wildman–Crippen MR) is 87.7 cm³/mol. The minimum Gasteiger partial charge on any atom is -0.343 e. The van der Waals surface area contributed by atoms with Gasteiger partial charge in [0.05, 0.1) is 0 Å². The van der Waals surface area contributed by atoms with E-state index >= 15 is 0 Å². The molecule has 1 amide bonds. The first-order chi connectivity index (χ1) is 9.54. The number of hydrogen-bond donors (Lipinski definition) is 0. The monoisotopic (exact) mass is 290 g/mol. The smallest absolute Gasteiger partial charge is 0.270 e. The van der Waals surface area contributed by atoms with Gasteiger partial charge in [-0.05, 0) is 50.2 Å². The highest BCUT2D eigenvalue weighted by Crippen LogP contribution is 2.30. The van der Waals surface area contributed by atoms with Crippen molar-refractivity contribution in [1.82, 2.24) is 9.47 Å². The van der Waals surface area contributed by atoms with Gasteiger partial charge in [0.15, 0.2) is 0 Å². The molecule has 0 N–H and O–H groups in total. The molecule has 0 fully saturated rings. The molecule has 1 aromatic heterocycles. The molecule has 0 aliphatic carbocycles. The number of aromatic nitrogens is 1. The van der Waals surface area contributed by atoms with Crippen molar-refractivity contribution in [2.75, 3.05) is 6.54 Å². The van der Waals surface area contributed by atoms with E-state index in [1.807, 2.05) is 4.90 Å². The molecule has 1 aromatic rings. The largest absolute Gasteiger partial charge is 0.343 e. The third-order valence-electron chi connectivity index (χ3n) is 4.51. The maximum atomic E-state index is 13.0. The summed E-state index contributed by atoms with van der Waals surface area (Å²) in [5, 5.41) is 0. The van der Waals surface area contributed by atoms with Gasteiger partial charge in [-0.1, -0.05) is 27.7 Å². The third-order valence-corrected chi connectivity index (χ3v) is 4.51. The van der Waals surface area contributed by atoms with Crippen LogP contribution in [0.5, 0.6) is 0 Å². The summed E-state index contributed by atoms with van der Waals surface area (Å²) < 4.78 is 2.18. The molecule has 0 bridgehead atoms. The van der Waals surface area contributed by atoms with Crippen molar-refractivity contribution in [1.29, 1.82) is 0 Å². The maximum Gasteiger partial charge on any atom is 0.270 e. The average molecular weight is 290 g/mol. The molecule has 0 saturated carbocycles. The fourth-order valence-corrected chi connectivity index (χ4v) is 2.90. The molecule has 2 heterocycles. The molecule has 0 aromatic carbocycles. The Kier molecular flexibility index (Phi) is 3.98. The predicted octanol–water partition coefficient (Wildman–Crippen LogP) is 4.07. The highest BCUT2D eigenvalue weighted by molar-refractivity contribution is 5.94. The lowest BCUT2D eigenvalue weighted by molar-refractivity contribution is 0.0547.